The van der Waals surface area contributed by atoms with Crippen molar-refractivity contribution in [1.82, 2.24) is 25.0 Å². The molecule has 1 aromatic carbocycles. The number of carbonyl (C=O) groups is 1. The zero-order valence-corrected chi connectivity index (χ0v) is 18.8. The number of amides is 1. The van der Waals surface area contributed by atoms with E-state index < -0.39 is 0 Å². The molecule has 0 spiro atoms. The summed E-state index contributed by atoms with van der Waals surface area (Å²) >= 11 is 2.73. The third kappa shape index (κ3) is 5.92. The number of methoxy groups -OCH3 is 1. The number of nitrogens with zero attached hydrogens (tertiary/aromatic N) is 5. The fourth-order valence-corrected chi connectivity index (χ4v) is 4.25. The monoisotopic (exact) mass is 448 g/mol. The number of hydrogen-bond donors (Lipinski definition) is 1. The molecule has 0 fully saturated rings. The van der Waals surface area contributed by atoms with Gasteiger partial charge in [0.2, 0.25) is 11.0 Å². The maximum Gasteiger partial charge on any atom is 0.236 e. The lowest BCUT2D eigenvalue weighted by Gasteiger charge is -2.09. The number of hydrogen-bond acceptors (Lipinski definition) is 9. The van der Waals surface area contributed by atoms with Crippen LogP contribution in [0, 0.1) is 0 Å². The van der Waals surface area contributed by atoms with E-state index in [1.165, 1.54) is 23.1 Å². The highest BCUT2D eigenvalue weighted by Gasteiger charge is 2.15. The molecule has 0 bridgehead atoms. The number of carbonyl (C=O) groups excluding carboxylic acids is 1. The molecule has 3 aromatic rings. The number of nitrogens with one attached hydrogen (secondary N) is 1. The Morgan fingerprint density at radius 1 is 1.13 bits per heavy atom. The normalized spacial score (nSPS) is 10.8. The van der Waals surface area contributed by atoms with Gasteiger partial charge in [0, 0.05) is 13.0 Å². The number of ether oxygens (including phenoxy) is 2. The lowest BCUT2D eigenvalue weighted by Crippen LogP contribution is -2.14. The lowest BCUT2D eigenvalue weighted by atomic mass is 10.3. The quantitative estimate of drug-likeness (QED) is 0.445. The Kier molecular flexibility index (Phi) is 8.03. The average Bonchev–Trinajstić information content (AvgIpc) is 3.37. The van der Waals surface area contributed by atoms with Crippen molar-refractivity contribution in [3.8, 4) is 11.5 Å². The molecule has 0 atom stereocenters. The Morgan fingerprint density at radius 2 is 1.90 bits per heavy atom. The second kappa shape index (κ2) is 10.9. The van der Waals surface area contributed by atoms with Crippen molar-refractivity contribution in [2.24, 2.45) is 0 Å². The molecule has 160 valence electrons. The number of rotatable bonds is 11. The summed E-state index contributed by atoms with van der Waals surface area (Å²) in [4.78, 5) is 12.2. The SMILES string of the molecule is CCCc1nnc(NC(=O)CSc2nnc(COc3ccc(OC)cc3)n2CC)s1. The molecule has 0 aliphatic rings. The largest absolute Gasteiger partial charge is 0.497 e. The van der Waals surface area contributed by atoms with Crippen LogP contribution in [0.2, 0.25) is 0 Å². The molecular formula is C19H24N6O3S2. The van der Waals surface area contributed by atoms with Gasteiger partial charge in [0.25, 0.3) is 0 Å². The predicted octanol–water partition coefficient (Wildman–Crippen LogP) is 3.42. The highest BCUT2D eigenvalue weighted by molar-refractivity contribution is 7.99. The van der Waals surface area contributed by atoms with Crippen LogP contribution in [0.3, 0.4) is 0 Å². The first-order chi connectivity index (χ1) is 14.6. The maximum absolute atomic E-state index is 12.2. The molecule has 0 aliphatic heterocycles. The summed E-state index contributed by atoms with van der Waals surface area (Å²) in [5.41, 5.74) is 0. The smallest absolute Gasteiger partial charge is 0.236 e. The first kappa shape index (κ1) is 22.0. The number of anilines is 1. The Hall–Kier alpha value is -2.66. The summed E-state index contributed by atoms with van der Waals surface area (Å²) in [5, 5.41) is 21.4. The van der Waals surface area contributed by atoms with E-state index in [0.717, 1.165) is 29.3 Å². The fourth-order valence-electron chi connectivity index (χ4n) is 2.57. The van der Waals surface area contributed by atoms with E-state index in [-0.39, 0.29) is 18.3 Å². The lowest BCUT2D eigenvalue weighted by molar-refractivity contribution is -0.113. The molecule has 1 N–H and O–H groups in total. The molecule has 2 heterocycles. The van der Waals surface area contributed by atoms with Crippen LogP contribution in [0.15, 0.2) is 29.4 Å². The second-order valence-corrected chi connectivity index (χ2v) is 8.20. The molecule has 1 amide bonds. The Balaban J connectivity index is 1.53. The highest BCUT2D eigenvalue weighted by atomic mass is 32.2. The third-order valence-electron chi connectivity index (χ3n) is 4.05. The van der Waals surface area contributed by atoms with Crippen LogP contribution in [0.5, 0.6) is 11.5 Å². The standard InChI is InChI=1S/C19H24N6O3S2/c1-4-6-17-22-23-18(30-17)20-16(26)12-29-19-24-21-15(25(19)5-2)11-28-14-9-7-13(27-3)8-10-14/h7-10H,4-6,11-12H2,1-3H3,(H,20,23,26). The minimum atomic E-state index is -0.152. The molecule has 0 saturated carbocycles. The van der Waals surface area contributed by atoms with Crippen molar-refractivity contribution < 1.29 is 14.3 Å². The predicted molar refractivity (Wildman–Crippen MR) is 116 cm³/mol. The summed E-state index contributed by atoms with van der Waals surface area (Å²) in [6.45, 7) is 5.04. The number of thioether (sulfide) groups is 1. The van der Waals surface area contributed by atoms with E-state index in [1.54, 1.807) is 7.11 Å². The molecule has 0 saturated heterocycles. The molecule has 30 heavy (non-hydrogen) atoms. The van der Waals surface area contributed by atoms with Crippen LogP contribution in [0.25, 0.3) is 0 Å². The third-order valence-corrected chi connectivity index (χ3v) is 5.91. The fraction of sp³-hybridized carbons (Fsp3) is 0.421. The summed E-state index contributed by atoms with van der Waals surface area (Å²) in [5.74, 6) is 2.24. The van der Waals surface area contributed by atoms with Crippen LogP contribution in [-0.2, 0) is 24.4 Å². The second-order valence-electron chi connectivity index (χ2n) is 6.20. The maximum atomic E-state index is 12.2. The summed E-state index contributed by atoms with van der Waals surface area (Å²) in [6, 6.07) is 7.35. The minimum absolute atomic E-state index is 0.152. The Morgan fingerprint density at radius 3 is 2.60 bits per heavy atom. The van der Waals surface area contributed by atoms with Gasteiger partial charge in [-0.2, -0.15) is 0 Å². The van der Waals surface area contributed by atoms with Crippen LogP contribution in [-0.4, -0.2) is 43.7 Å². The van der Waals surface area contributed by atoms with Crippen LogP contribution < -0.4 is 14.8 Å². The minimum Gasteiger partial charge on any atom is -0.497 e. The molecule has 11 heteroatoms. The Labute approximate surface area is 183 Å². The molecule has 0 radical (unpaired) electrons. The molecular weight excluding hydrogens is 424 g/mol. The average molecular weight is 449 g/mol. The topological polar surface area (TPSA) is 104 Å². The summed E-state index contributed by atoms with van der Waals surface area (Å²) < 4.78 is 12.9. The summed E-state index contributed by atoms with van der Waals surface area (Å²) in [7, 11) is 1.62. The van der Waals surface area contributed by atoms with E-state index in [2.05, 4.69) is 32.6 Å². The molecule has 0 unspecified atom stereocenters. The molecule has 9 nitrogen and oxygen atoms in total. The molecule has 2 aromatic heterocycles. The van der Waals surface area contributed by atoms with Crippen LogP contribution >= 0.6 is 23.1 Å². The van der Waals surface area contributed by atoms with E-state index in [0.29, 0.717) is 22.7 Å². The van der Waals surface area contributed by atoms with Crippen molar-refractivity contribution in [3.05, 3.63) is 35.1 Å². The number of benzene rings is 1. The number of aromatic nitrogens is 5. The zero-order chi connectivity index (χ0) is 21.3. The van der Waals surface area contributed by atoms with Crippen molar-refractivity contribution in [2.75, 3.05) is 18.2 Å². The molecule has 0 aliphatic carbocycles. The van der Waals surface area contributed by atoms with Gasteiger partial charge in [0.05, 0.1) is 12.9 Å². The summed E-state index contributed by atoms with van der Waals surface area (Å²) in [6.07, 6.45) is 1.86. The van der Waals surface area contributed by atoms with Crippen molar-refractivity contribution in [3.63, 3.8) is 0 Å². The van der Waals surface area contributed by atoms with Gasteiger partial charge >= 0.3 is 0 Å². The van der Waals surface area contributed by atoms with E-state index in [4.69, 9.17) is 9.47 Å². The van der Waals surface area contributed by atoms with Crippen LogP contribution in [0.1, 0.15) is 31.1 Å². The van der Waals surface area contributed by atoms with Crippen LogP contribution in [0.4, 0.5) is 5.13 Å². The Bertz CT molecular complexity index is 958. The van der Waals surface area contributed by atoms with Gasteiger partial charge in [-0.3, -0.25) is 10.1 Å². The van der Waals surface area contributed by atoms with Gasteiger partial charge in [-0.25, -0.2) is 0 Å². The van der Waals surface area contributed by atoms with Gasteiger partial charge in [0.1, 0.15) is 23.1 Å². The highest BCUT2D eigenvalue weighted by Crippen LogP contribution is 2.21. The van der Waals surface area contributed by atoms with E-state index in [9.17, 15) is 4.79 Å². The van der Waals surface area contributed by atoms with Gasteiger partial charge in [-0.15, -0.1) is 20.4 Å². The molecule has 3 rings (SSSR count). The van der Waals surface area contributed by atoms with Crippen molar-refractivity contribution >= 4 is 34.1 Å². The van der Waals surface area contributed by atoms with Gasteiger partial charge in [0.15, 0.2) is 11.0 Å². The van der Waals surface area contributed by atoms with Gasteiger partial charge < -0.3 is 14.0 Å². The number of aryl methyl sites for hydroxylation is 1. The zero-order valence-electron chi connectivity index (χ0n) is 17.1. The van der Waals surface area contributed by atoms with E-state index in [1.807, 2.05) is 35.8 Å². The first-order valence-electron chi connectivity index (χ1n) is 9.56. The van der Waals surface area contributed by atoms with E-state index >= 15 is 0 Å². The first-order valence-corrected chi connectivity index (χ1v) is 11.4. The van der Waals surface area contributed by atoms with Gasteiger partial charge in [-0.1, -0.05) is 30.0 Å². The van der Waals surface area contributed by atoms with Gasteiger partial charge in [-0.05, 0) is 37.6 Å². The van der Waals surface area contributed by atoms with Crippen molar-refractivity contribution in [1.29, 1.82) is 0 Å². The van der Waals surface area contributed by atoms with Crippen molar-refractivity contribution in [2.45, 2.75) is 45.0 Å².